The van der Waals surface area contributed by atoms with Crippen LogP contribution in [0.1, 0.15) is 5.56 Å². The number of sulfonamides is 1. The van der Waals surface area contributed by atoms with Crippen LogP contribution in [0.15, 0.2) is 50.6 Å². The Labute approximate surface area is 118 Å². The summed E-state index contributed by atoms with van der Waals surface area (Å²) < 4.78 is 32.1. The zero-order valence-electron chi connectivity index (χ0n) is 9.06. The molecule has 96 valence electrons. The van der Waals surface area contributed by atoms with Crippen molar-refractivity contribution in [3.05, 3.63) is 51.9 Å². The molecule has 0 aliphatic heterocycles. The first-order valence-electron chi connectivity index (χ1n) is 4.95. The summed E-state index contributed by atoms with van der Waals surface area (Å²) in [5, 5.41) is 0.170. The van der Waals surface area contributed by atoms with Crippen LogP contribution >= 0.6 is 27.5 Å². The molecular weight excluding hydrogens is 342 g/mol. The van der Waals surface area contributed by atoms with Crippen molar-refractivity contribution in [1.29, 1.82) is 0 Å². The summed E-state index contributed by atoms with van der Waals surface area (Å²) in [5.74, 6) is 0. The largest absolute Gasteiger partial charge is 0.472 e. The molecule has 0 atom stereocenters. The Morgan fingerprint density at radius 1 is 1.33 bits per heavy atom. The fourth-order valence-electron chi connectivity index (χ4n) is 1.34. The average Bonchev–Trinajstić information content (AvgIpc) is 2.78. The maximum absolute atomic E-state index is 12.0. The van der Waals surface area contributed by atoms with E-state index in [9.17, 15) is 8.42 Å². The minimum atomic E-state index is -3.63. The lowest BCUT2D eigenvalue weighted by atomic mass is 10.4. The number of hydrogen-bond acceptors (Lipinski definition) is 3. The molecule has 0 saturated carbocycles. The first-order chi connectivity index (χ1) is 8.49. The quantitative estimate of drug-likeness (QED) is 0.921. The van der Waals surface area contributed by atoms with E-state index in [0.29, 0.717) is 0 Å². The van der Waals surface area contributed by atoms with Gasteiger partial charge in [0.05, 0.1) is 17.5 Å². The number of furan rings is 1. The van der Waals surface area contributed by atoms with E-state index in [4.69, 9.17) is 16.0 Å². The van der Waals surface area contributed by atoms with Gasteiger partial charge < -0.3 is 4.42 Å². The normalized spacial score (nSPS) is 11.7. The molecule has 4 nitrogen and oxygen atoms in total. The summed E-state index contributed by atoms with van der Waals surface area (Å²) in [4.78, 5) is 0.0517. The van der Waals surface area contributed by atoms with Crippen LogP contribution in [0.4, 0.5) is 0 Å². The molecule has 0 radical (unpaired) electrons. The number of hydrogen-bond donors (Lipinski definition) is 1. The van der Waals surface area contributed by atoms with Gasteiger partial charge in [-0.25, -0.2) is 13.1 Å². The second kappa shape index (κ2) is 5.44. The molecule has 0 bridgehead atoms. The third kappa shape index (κ3) is 3.14. The van der Waals surface area contributed by atoms with E-state index in [1.807, 2.05) is 0 Å². The van der Waals surface area contributed by atoms with Crippen molar-refractivity contribution < 1.29 is 12.8 Å². The predicted molar refractivity (Wildman–Crippen MR) is 71.9 cm³/mol. The molecule has 1 heterocycles. The maximum Gasteiger partial charge on any atom is 0.242 e. The summed E-state index contributed by atoms with van der Waals surface area (Å²) in [6.07, 6.45) is 2.96. The highest BCUT2D eigenvalue weighted by Gasteiger charge is 2.17. The minimum absolute atomic E-state index is 0.0517. The smallest absolute Gasteiger partial charge is 0.242 e. The second-order valence-electron chi connectivity index (χ2n) is 3.53. The molecule has 0 aliphatic carbocycles. The van der Waals surface area contributed by atoms with Crippen LogP contribution in [-0.2, 0) is 16.6 Å². The Morgan fingerprint density at radius 2 is 2.11 bits per heavy atom. The van der Waals surface area contributed by atoms with Crippen molar-refractivity contribution in [2.75, 3.05) is 0 Å². The van der Waals surface area contributed by atoms with Crippen molar-refractivity contribution >= 4 is 37.6 Å². The van der Waals surface area contributed by atoms with Crippen LogP contribution in [0, 0.1) is 0 Å². The fraction of sp³-hybridized carbons (Fsp3) is 0.0909. The average molecular weight is 351 g/mol. The van der Waals surface area contributed by atoms with Gasteiger partial charge >= 0.3 is 0 Å². The lowest BCUT2D eigenvalue weighted by molar-refractivity contribution is 0.561. The Balaban J connectivity index is 2.20. The predicted octanol–water partition coefficient (Wildman–Crippen LogP) is 3.17. The molecule has 0 spiro atoms. The molecule has 2 rings (SSSR count). The molecule has 0 fully saturated rings. The number of rotatable bonds is 4. The highest BCUT2D eigenvalue weighted by Crippen LogP contribution is 2.25. The molecule has 0 saturated heterocycles. The SMILES string of the molecule is O=S(=O)(NCc1ccoc1)c1ccc(Br)cc1Cl. The lowest BCUT2D eigenvalue weighted by Gasteiger charge is -2.07. The molecule has 7 heteroatoms. The monoisotopic (exact) mass is 349 g/mol. The van der Waals surface area contributed by atoms with Crippen LogP contribution in [-0.4, -0.2) is 8.42 Å². The van der Waals surface area contributed by atoms with Crippen molar-refractivity contribution in [2.24, 2.45) is 0 Å². The highest BCUT2D eigenvalue weighted by molar-refractivity contribution is 9.10. The molecule has 1 aromatic carbocycles. The van der Waals surface area contributed by atoms with Crippen LogP contribution in [0.25, 0.3) is 0 Å². The third-order valence-electron chi connectivity index (χ3n) is 2.23. The van der Waals surface area contributed by atoms with E-state index >= 15 is 0 Å². The molecule has 0 unspecified atom stereocenters. The van der Waals surface area contributed by atoms with Crippen molar-refractivity contribution in [3.63, 3.8) is 0 Å². The topological polar surface area (TPSA) is 59.3 Å². The molecule has 1 N–H and O–H groups in total. The van der Waals surface area contributed by atoms with Crippen LogP contribution < -0.4 is 4.72 Å². The summed E-state index contributed by atoms with van der Waals surface area (Å²) >= 11 is 9.13. The van der Waals surface area contributed by atoms with Gasteiger partial charge in [-0.1, -0.05) is 27.5 Å². The van der Waals surface area contributed by atoms with Gasteiger partial charge in [-0.15, -0.1) is 0 Å². The van der Waals surface area contributed by atoms with Crippen LogP contribution in [0.2, 0.25) is 5.02 Å². The van der Waals surface area contributed by atoms with Crippen molar-refractivity contribution in [2.45, 2.75) is 11.4 Å². The summed E-state index contributed by atoms with van der Waals surface area (Å²) in [6, 6.07) is 6.29. The van der Waals surface area contributed by atoms with Crippen LogP contribution in [0.5, 0.6) is 0 Å². The lowest BCUT2D eigenvalue weighted by Crippen LogP contribution is -2.23. The zero-order valence-corrected chi connectivity index (χ0v) is 12.2. The summed E-state index contributed by atoms with van der Waals surface area (Å²) in [6.45, 7) is 0.158. The Morgan fingerprint density at radius 3 is 2.72 bits per heavy atom. The molecule has 18 heavy (non-hydrogen) atoms. The van der Waals surface area contributed by atoms with Gasteiger partial charge in [-0.2, -0.15) is 0 Å². The van der Waals surface area contributed by atoms with Gasteiger partial charge in [0.2, 0.25) is 10.0 Å². The minimum Gasteiger partial charge on any atom is -0.472 e. The third-order valence-corrected chi connectivity index (χ3v) is 4.61. The maximum atomic E-state index is 12.0. The van der Waals surface area contributed by atoms with Crippen molar-refractivity contribution in [1.82, 2.24) is 4.72 Å². The van der Waals surface area contributed by atoms with Gasteiger partial charge in [-0.05, 0) is 24.3 Å². The zero-order chi connectivity index (χ0) is 13.2. The second-order valence-corrected chi connectivity index (χ2v) is 6.59. The van der Waals surface area contributed by atoms with Gasteiger partial charge in [0.25, 0.3) is 0 Å². The van der Waals surface area contributed by atoms with E-state index in [-0.39, 0.29) is 16.5 Å². The molecular formula is C11H9BrClNO3S. The number of halogens is 2. The van der Waals surface area contributed by atoms with E-state index in [2.05, 4.69) is 20.7 Å². The van der Waals surface area contributed by atoms with Gasteiger partial charge in [0.1, 0.15) is 4.90 Å². The Hall–Kier alpha value is -0.820. The van der Waals surface area contributed by atoms with Crippen molar-refractivity contribution in [3.8, 4) is 0 Å². The van der Waals surface area contributed by atoms with Crippen LogP contribution in [0.3, 0.4) is 0 Å². The van der Waals surface area contributed by atoms with E-state index in [1.165, 1.54) is 24.7 Å². The molecule has 1 aromatic heterocycles. The number of nitrogens with one attached hydrogen (secondary N) is 1. The van der Waals surface area contributed by atoms with Gasteiger partial charge in [-0.3, -0.25) is 0 Å². The van der Waals surface area contributed by atoms with E-state index in [1.54, 1.807) is 12.1 Å². The van der Waals surface area contributed by atoms with Gasteiger partial charge in [0.15, 0.2) is 0 Å². The molecule has 2 aromatic rings. The van der Waals surface area contributed by atoms with E-state index in [0.717, 1.165) is 10.0 Å². The summed E-state index contributed by atoms with van der Waals surface area (Å²) in [5.41, 5.74) is 0.742. The summed E-state index contributed by atoms with van der Waals surface area (Å²) in [7, 11) is -3.63. The molecule has 0 amide bonds. The standard InChI is InChI=1S/C11H9BrClNO3S/c12-9-1-2-11(10(13)5-9)18(15,16)14-6-8-3-4-17-7-8/h1-5,7,14H,6H2. The Kier molecular flexibility index (Phi) is 4.11. The fourth-order valence-corrected chi connectivity index (χ4v) is 3.40. The highest BCUT2D eigenvalue weighted by atomic mass is 79.9. The first-order valence-corrected chi connectivity index (χ1v) is 7.60. The molecule has 0 aliphatic rings. The number of benzene rings is 1. The van der Waals surface area contributed by atoms with E-state index < -0.39 is 10.0 Å². The first kappa shape index (κ1) is 13.6. The van der Waals surface area contributed by atoms with Gasteiger partial charge in [0, 0.05) is 16.6 Å². The Bertz CT molecular complexity index is 640.